The van der Waals surface area contributed by atoms with Crippen LogP contribution in [0, 0.1) is 0 Å². The molecule has 0 spiro atoms. The number of aliphatic carboxylic acids is 2. The van der Waals surface area contributed by atoms with Crippen molar-refractivity contribution in [2.45, 2.75) is 166 Å². The summed E-state index contributed by atoms with van der Waals surface area (Å²) in [6, 6.07) is -7.19. The Bertz CT molecular complexity index is 3740. The molecule has 1 amide bonds. The van der Waals surface area contributed by atoms with Crippen molar-refractivity contribution in [3.05, 3.63) is 0 Å². The second-order valence-corrected chi connectivity index (χ2v) is 29.4. The quantitative estimate of drug-likeness (QED) is 0.0262. The maximum absolute atomic E-state index is 13.2. The molecule has 0 aromatic rings. The lowest BCUT2D eigenvalue weighted by atomic mass is 9.92. The van der Waals surface area contributed by atoms with Crippen molar-refractivity contribution in [2.24, 2.45) is 11.5 Å². The summed E-state index contributed by atoms with van der Waals surface area (Å²) in [7, 11) is -46.6. The van der Waals surface area contributed by atoms with E-state index in [1.165, 1.54) is 4.72 Å². The molecule has 0 radical (unpaired) electrons. The second-order valence-electron chi connectivity index (χ2n) is 20.6. The first-order valence-corrected chi connectivity index (χ1v) is 37.4. The molecule has 63 heteroatoms. The number of aliphatic hydroxyl groups is 5. The van der Waals surface area contributed by atoms with Crippen molar-refractivity contribution in [1.82, 2.24) is 14.8 Å². The Morgan fingerprint density at radius 2 is 0.818 bits per heavy atom. The molecule has 0 aliphatic carbocycles. The number of carboxylic acids is 2. The third-order valence-electron chi connectivity index (χ3n) is 13.8. The van der Waals surface area contributed by atoms with Crippen LogP contribution in [0.25, 0.3) is 0 Å². The first kappa shape index (κ1) is 86.3. The summed E-state index contributed by atoms with van der Waals surface area (Å²) in [6.45, 7) is -6.08. The zero-order chi connectivity index (χ0) is 75.4. The Balaban J connectivity index is 1.61. The van der Waals surface area contributed by atoms with Crippen molar-refractivity contribution >= 4 is 101 Å². The molecule has 5 aliphatic heterocycles. The van der Waals surface area contributed by atoms with Gasteiger partial charge in [0.15, 0.2) is 43.5 Å². The fourth-order valence-corrected chi connectivity index (χ4v) is 13.5. The molecule has 5 heterocycles. The van der Waals surface area contributed by atoms with Gasteiger partial charge in [0.25, 0.3) is 0 Å². The van der Waals surface area contributed by atoms with Gasteiger partial charge >= 0.3 is 94.9 Å². The monoisotopic (exact) mass is 1620 g/mol. The van der Waals surface area contributed by atoms with Gasteiger partial charge in [0.05, 0.1) is 32.0 Å². The molecule has 5 fully saturated rings. The van der Waals surface area contributed by atoms with E-state index < -0.39 is 299 Å². The average Bonchev–Trinajstić information content (AvgIpc) is 0.758. The molecular weight excluding hydrogens is 1560 g/mol. The van der Waals surface area contributed by atoms with Crippen LogP contribution in [0.4, 0.5) is 0 Å². The number of ether oxygens (including phenoxy) is 10. The summed E-state index contributed by atoms with van der Waals surface area (Å²) in [6.07, 6.45) is -66.3. The molecule has 5 rings (SSSR count). The van der Waals surface area contributed by atoms with Crippen LogP contribution in [0.1, 0.15) is 6.42 Å². The smallest absolute Gasteiger partial charge is 0.397 e. The van der Waals surface area contributed by atoms with Crippen molar-refractivity contribution < 1.29 is 226 Å². The number of nitrogens with two attached hydrogens (primary N) is 2. The Labute approximate surface area is 556 Å². The summed E-state index contributed by atoms with van der Waals surface area (Å²) in [5.41, 5.74) is 11.0. The minimum Gasteiger partial charge on any atom is -0.479 e. The number of rotatable bonds is 35. The summed E-state index contributed by atoms with van der Waals surface area (Å²) in [4.78, 5) is 38.5. The molecule has 0 aromatic heterocycles. The van der Waals surface area contributed by atoms with Gasteiger partial charge in [-0.25, -0.2) is 34.7 Å². The predicted molar refractivity (Wildman–Crippen MR) is 292 cm³/mol. The number of carbonyl (C=O) groups is 3. The fourth-order valence-electron chi connectivity index (χ4n) is 9.89. The van der Waals surface area contributed by atoms with Gasteiger partial charge in [0.2, 0.25) is 5.91 Å². The molecule has 99 heavy (non-hydrogen) atoms. The molecule has 26 atom stereocenters. The molecule has 5 saturated heterocycles. The largest absolute Gasteiger partial charge is 0.479 e. The van der Waals surface area contributed by atoms with Crippen LogP contribution in [0.5, 0.6) is 0 Å². The number of methoxy groups -OCH3 is 1. The van der Waals surface area contributed by atoms with Crippen LogP contribution in [-0.2, 0) is 170 Å². The van der Waals surface area contributed by atoms with Crippen molar-refractivity contribution in [1.29, 1.82) is 0 Å². The number of amides is 1. The van der Waals surface area contributed by atoms with Crippen LogP contribution >= 0.6 is 0 Å². The normalized spacial score (nSPS) is 36.7. The van der Waals surface area contributed by atoms with Crippen molar-refractivity contribution in [3.8, 4) is 0 Å². The van der Waals surface area contributed by atoms with Gasteiger partial charge in [-0.1, -0.05) is 0 Å². The molecule has 5 aliphatic rings. The Morgan fingerprint density at radius 3 is 1.27 bits per heavy atom. The Hall–Kier alpha value is -3.31. The summed E-state index contributed by atoms with van der Waals surface area (Å²) in [5, 5.41) is 79.4. The number of nitrogens with one attached hydrogen (secondary N) is 3. The lowest BCUT2D eigenvalue weighted by Crippen LogP contribution is -2.71. The first-order chi connectivity index (χ1) is 45.0. The van der Waals surface area contributed by atoms with E-state index in [0.717, 1.165) is 11.8 Å². The number of hydrogen-bond donors (Lipinski definition) is 20. The molecular formula is C36H63N5O50S8. The fraction of sp³-hybridized carbons (Fsp3) is 0.917. The summed E-state index contributed by atoms with van der Waals surface area (Å²) in [5.74, 6) is -5.86. The molecule has 580 valence electrons. The van der Waals surface area contributed by atoms with E-state index in [4.69, 9.17) is 67.6 Å². The second kappa shape index (κ2) is 33.9. The van der Waals surface area contributed by atoms with E-state index >= 15 is 0 Å². The molecule has 0 aromatic carbocycles. The SMILES string of the molecule is CO[C@@H]1[C@@H](OS(=O)(=O)O)[C@H](O[C@@H]2O[C@@H](C(=O)O)[C@@H](O[C@H]3O[C@H](COS(=O)(=O)O)[C@@H](O[C@@H]4O[C@H](C(=O)O)[C@@H](O[C@H]5O[C@H](COS(=O)(=O)O)[C@@H](O)[C@H](O)[C@H]5NS(=O)(=O)O)[C@H](O)[C@H]4O)[C@H](OS(=O)(=O)O)[C@H]3NS(=O)(=O)O)[C@H](O)[C@H]2OS(=O)(=O)O)[C@@H](COS(=O)(=O)O)O[C@@H]1CCNC(=O)[C@H](N)CN. The molecule has 22 N–H and O–H groups in total. The van der Waals surface area contributed by atoms with Crippen LogP contribution in [0.15, 0.2) is 0 Å². The van der Waals surface area contributed by atoms with E-state index in [-0.39, 0.29) is 0 Å². The third-order valence-corrected chi connectivity index (χ3v) is 17.6. The highest BCUT2D eigenvalue weighted by atomic mass is 32.3. The number of aliphatic hydroxyl groups excluding tert-OH is 5. The Kier molecular flexibility index (Phi) is 29.5. The van der Waals surface area contributed by atoms with E-state index in [1.54, 1.807) is 0 Å². The van der Waals surface area contributed by atoms with Gasteiger partial charge in [-0.3, -0.25) is 41.2 Å². The molecule has 55 nitrogen and oxygen atoms in total. The van der Waals surface area contributed by atoms with Gasteiger partial charge < -0.3 is 99.9 Å². The minimum absolute atomic E-state index is 0.414. The standard InChI is InChI=1S/C36H63N5O50S8/c1-76-20-9(2-3-39-30(47)8(38)4-37)80-11(6-78-95(61,62)63)22(27(20)91-99(73,74)75)84-36-26(90-98(70,71)72)19(46)25(29(88-36)32(50)51)86-34-14(41-93(55,56)57)23(89-97(67,68)69)21(12(82-34)7-79-96(64,65)66)83-35-18(45)17(44)24(28(87-35)31(48)49)85-33-13(40-92(52,53)54)16(43)15(42)10(81-33)5-77-94(58,59)60/h8-29,33-36,40-46H,2-7,37-38H2,1H3,(H,39,47)(H,48,49)(H,50,51)(H,52,53,54)(H,55,56,57)(H,58,59,60)(H,61,62,63)(H,64,65,66)(H,67,68,69)(H,70,71,72)(H,73,74,75)/t8-,9-,10-,11-,12-,13-,14-,15-,16-,17-,18-,19+,20+,21-,22-,23-,24+,25+,26-,27-,28+,29-,33-,34-,35-,36-/m1/s1. The maximum atomic E-state index is 13.2. The lowest BCUT2D eigenvalue weighted by Gasteiger charge is -2.50. The lowest BCUT2D eigenvalue weighted by molar-refractivity contribution is -0.372. The topological polar surface area (TPSA) is 864 Å². The van der Waals surface area contributed by atoms with Crippen LogP contribution in [0.2, 0.25) is 0 Å². The highest BCUT2D eigenvalue weighted by Crippen LogP contribution is 2.40. The molecule has 0 bridgehead atoms. The van der Waals surface area contributed by atoms with Gasteiger partial charge in [-0.15, -0.1) is 0 Å². The number of carboxylic acid groups (broad SMARTS) is 2. The zero-order valence-corrected chi connectivity index (χ0v) is 55.2. The van der Waals surface area contributed by atoms with Crippen molar-refractivity contribution in [2.75, 3.05) is 40.0 Å². The van der Waals surface area contributed by atoms with Gasteiger partial charge in [0.1, 0.15) is 104 Å². The van der Waals surface area contributed by atoms with Crippen LogP contribution in [0.3, 0.4) is 0 Å². The Morgan fingerprint density at radius 1 is 0.424 bits per heavy atom. The van der Waals surface area contributed by atoms with Gasteiger partial charge in [-0.2, -0.15) is 76.8 Å². The number of hydrogen-bond acceptors (Lipinski definition) is 42. The van der Waals surface area contributed by atoms with E-state index in [0.29, 0.717) is 0 Å². The van der Waals surface area contributed by atoms with Gasteiger partial charge in [0, 0.05) is 20.2 Å². The molecule has 0 unspecified atom stereocenters. The average molecular weight is 1620 g/mol. The number of carbonyl (C=O) groups excluding carboxylic acids is 1. The summed E-state index contributed by atoms with van der Waals surface area (Å²) >= 11 is 0. The van der Waals surface area contributed by atoms with E-state index in [1.807, 2.05) is 0 Å². The highest BCUT2D eigenvalue weighted by molar-refractivity contribution is 7.84. The van der Waals surface area contributed by atoms with E-state index in [2.05, 4.69) is 26.2 Å². The van der Waals surface area contributed by atoms with Gasteiger partial charge in [-0.05, 0) is 6.42 Å². The highest BCUT2D eigenvalue weighted by Gasteiger charge is 2.62. The first-order valence-electron chi connectivity index (χ1n) is 26.3. The third kappa shape index (κ3) is 25.8. The van der Waals surface area contributed by atoms with E-state index in [9.17, 15) is 149 Å². The van der Waals surface area contributed by atoms with Crippen LogP contribution < -0.4 is 26.2 Å². The maximum Gasteiger partial charge on any atom is 0.397 e. The molecule has 0 saturated carbocycles. The zero-order valence-electron chi connectivity index (χ0n) is 48.7. The minimum atomic E-state index is -6.39. The predicted octanol–water partition coefficient (Wildman–Crippen LogP) is -14.5. The van der Waals surface area contributed by atoms with Crippen LogP contribution in [-0.4, -0.2) is 357 Å². The van der Waals surface area contributed by atoms with Crippen molar-refractivity contribution in [3.63, 3.8) is 0 Å². The summed E-state index contributed by atoms with van der Waals surface area (Å²) < 4.78 is 356.